The van der Waals surface area contributed by atoms with E-state index in [2.05, 4.69) is 31.5 Å². The van der Waals surface area contributed by atoms with Gasteiger partial charge in [0, 0.05) is 36.9 Å². The van der Waals surface area contributed by atoms with Crippen molar-refractivity contribution in [3.8, 4) is 11.3 Å². The zero-order chi connectivity index (χ0) is 27.4. The first-order valence-corrected chi connectivity index (χ1v) is 14.3. The van der Waals surface area contributed by atoms with Crippen LogP contribution in [0.5, 0.6) is 0 Å². The molecule has 2 amide bonds. The lowest BCUT2D eigenvalue weighted by molar-refractivity contribution is -0.113. The van der Waals surface area contributed by atoms with E-state index >= 15 is 0 Å². The first-order valence-electron chi connectivity index (χ1n) is 11.7. The van der Waals surface area contributed by atoms with Gasteiger partial charge in [0.2, 0.25) is 5.91 Å². The second kappa shape index (κ2) is 11.8. The lowest BCUT2D eigenvalue weighted by Crippen LogP contribution is -2.14. The van der Waals surface area contributed by atoms with Gasteiger partial charge in [-0.3, -0.25) is 9.59 Å². The number of aromatic nitrogens is 1. The Morgan fingerprint density at radius 3 is 2.36 bits per heavy atom. The first-order chi connectivity index (χ1) is 18.9. The highest BCUT2D eigenvalue weighted by Gasteiger charge is 2.17. The van der Waals surface area contributed by atoms with Gasteiger partial charge in [-0.2, -0.15) is 0 Å². The number of hydrogen-bond acceptors (Lipinski definition) is 6. The number of carbonyl (C=O) groups excluding carboxylic acids is 2. The third-order valence-electron chi connectivity index (χ3n) is 5.73. The van der Waals surface area contributed by atoms with Gasteiger partial charge in [0.05, 0.1) is 17.0 Å². The number of aromatic carboxylic acids is 1. The highest BCUT2D eigenvalue weighted by molar-refractivity contribution is 9.10. The standard InChI is InChI=1S/C29H20BrN3O4S2/c30-19-12-10-17(11-13-19)24-15-39-29(32-24)33-25(34)16-38-21-7-3-6-20(14-21)31-27(35)22-8-1-4-18-5-2-9-23(26(18)22)28(36)37/h1-15H,16H2,(H,31,35)(H,36,37)(H,32,33,34). The molecule has 0 radical (unpaired) electrons. The van der Waals surface area contributed by atoms with E-state index in [0.717, 1.165) is 20.6 Å². The highest BCUT2D eigenvalue weighted by Crippen LogP contribution is 2.28. The van der Waals surface area contributed by atoms with Crippen molar-refractivity contribution >= 4 is 78.4 Å². The Morgan fingerprint density at radius 2 is 1.62 bits per heavy atom. The largest absolute Gasteiger partial charge is 0.478 e. The molecule has 7 nitrogen and oxygen atoms in total. The molecular formula is C29H20BrN3O4S2. The minimum atomic E-state index is -1.10. The predicted octanol–water partition coefficient (Wildman–Crippen LogP) is 7.41. The van der Waals surface area contributed by atoms with Crippen molar-refractivity contribution in [1.29, 1.82) is 0 Å². The number of amides is 2. The van der Waals surface area contributed by atoms with Crippen LogP contribution in [0.1, 0.15) is 20.7 Å². The Morgan fingerprint density at radius 1 is 0.897 bits per heavy atom. The number of carboxylic acid groups (broad SMARTS) is 1. The van der Waals surface area contributed by atoms with Gasteiger partial charge in [-0.15, -0.1) is 23.1 Å². The maximum absolute atomic E-state index is 13.1. The predicted molar refractivity (Wildman–Crippen MR) is 160 cm³/mol. The quantitative estimate of drug-likeness (QED) is 0.156. The minimum Gasteiger partial charge on any atom is -0.478 e. The lowest BCUT2D eigenvalue weighted by atomic mass is 9.98. The summed E-state index contributed by atoms with van der Waals surface area (Å²) >= 11 is 6.11. The molecule has 0 unspecified atom stereocenters. The second-order valence-corrected chi connectivity index (χ2v) is 11.2. The van der Waals surface area contributed by atoms with Crippen molar-refractivity contribution in [3.63, 3.8) is 0 Å². The molecule has 0 atom stereocenters. The summed E-state index contributed by atoms with van der Waals surface area (Å²) < 4.78 is 0.983. The normalized spacial score (nSPS) is 10.8. The molecule has 0 saturated carbocycles. The molecule has 0 aliphatic carbocycles. The number of benzene rings is 4. The SMILES string of the molecule is O=C(CSc1cccc(NC(=O)c2cccc3cccc(C(=O)O)c23)c1)Nc1nc(-c2ccc(Br)cc2)cs1. The van der Waals surface area contributed by atoms with E-state index in [1.807, 2.05) is 35.7 Å². The molecular weight excluding hydrogens is 598 g/mol. The molecule has 5 rings (SSSR count). The third kappa shape index (κ3) is 6.36. The van der Waals surface area contributed by atoms with Crippen molar-refractivity contribution in [2.24, 2.45) is 0 Å². The third-order valence-corrected chi connectivity index (χ3v) is 8.01. The molecule has 0 fully saturated rings. The van der Waals surface area contributed by atoms with E-state index in [0.29, 0.717) is 21.6 Å². The molecule has 1 aromatic heterocycles. The summed E-state index contributed by atoms with van der Waals surface area (Å²) in [6, 6.07) is 24.9. The van der Waals surface area contributed by atoms with E-state index < -0.39 is 11.9 Å². The van der Waals surface area contributed by atoms with E-state index in [4.69, 9.17) is 0 Å². The van der Waals surface area contributed by atoms with Crippen molar-refractivity contribution in [2.75, 3.05) is 16.4 Å². The van der Waals surface area contributed by atoms with Crippen LogP contribution in [0.3, 0.4) is 0 Å². The zero-order valence-electron chi connectivity index (χ0n) is 20.2. The van der Waals surface area contributed by atoms with Crippen molar-refractivity contribution in [2.45, 2.75) is 4.90 Å². The average molecular weight is 619 g/mol. The summed E-state index contributed by atoms with van der Waals surface area (Å²) in [5.74, 6) is -1.54. The number of nitrogens with one attached hydrogen (secondary N) is 2. The molecule has 3 N–H and O–H groups in total. The first kappa shape index (κ1) is 26.6. The van der Waals surface area contributed by atoms with Gasteiger partial charge >= 0.3 is 5.97 Å². The Balaban J connectivity index is 1.22. The van der Waals surface area contributed by atoms with Crippen LogP contribution in [0.15, 0.2) is 99.7 Å². The molecule has 0 aliphatic rings. The molecule has 5 aromatic rings. The number of anilines is 2. The minimum absolute atomic E-state index is 0.0674. The smallest absolute Gasteiger partial charge is 0.336 e. The van der Waals surface area contributed by atoms with E-state index in [-0.39, 0.29) is 22.8 Å². The number of thioether (sulfide) groups is 1. The number of nitrogens with zero attached hydrogens (tertiary/aromatic N) is 1. The molecule has 0 aliphatic heterocycles. The summed E-state index contributed by atoms with van der Waals surface area (Å²) in [4.78, 5) is 42.7. The number of rotatable bonds is 8. The monoisotopic (exact) mass is 617 g/mol. The zero-order valence-corrected chi connectivity index (χ0v) is 23.4. The molecule has 0 saturated heterocycles. The summed E-state index contributed by atoms with van der Waals surface area (Å²) in [6.07, 6.45) is 0. The van der Waals surface area contributed by atoms with Crippen molar-refractivity contribution < 1.29 is 19.5 Å². The maximum atomic E-state index is 13.1. The lowest BCUT2D eigenvalue weighted by Gasteiger charge is -2.11. The van der Waals surface area contributed by atoms with E-state index in [9.17, 15) is 19.5 Å². The van der Waals surface area contributed by atoms with Crippen LogP contribution in [-0.2, 0) is 4.79 Å². The number of fused-ring (bicyclic) bond motifs is 1. The van der Waals surface area contributed by atoms with Gasteiger partial charge in [0.1, 0.15) is 0 Å². The Kier molecular flexibility index (Phi) is 8.06. The topological polar surface area (TPSA) is 108 Å². The van der Waals surface area contributed by atoms with Crippen LogP contribution >= 0.6 is 39.0 Å². The summed E-state index contributed by atoms with van der Waals surface area (Å²) in [7, 11) is 0. The van der Waals surface area contributed by atoms with Gasteiger partial charge in [-0.05, 0) is 47.9 Å². The maximum Gasteiger partial charge on any atom is 0.336 e. The Hall–Kier alpha value is -3.99. The fourth-order valence-corrected chi connectivity index (χ4v) is 5.71. The summed E-state index contributed by atoms with van der Waals surface area (Å²) in [6.45, 7) is 0. The fourth-order valence-electron chi connectivity index (χ4n) is 3.96. The van der Waals surface area contributed by atoms with Crippen LogP contribution in [0.25, 0.3) is 22.0 Å². The molecule has 0 bridgehead atoms. The number of carbonyl (C=O) groups is 3. The van der Waals surface area contributed by atoms with Gasteiger partial charge in [0.15, 0.2) is 5.13 Å². The Bertz CT molecular complexity index is 1700. The van der Waals surface area contributed by atoms with Gasteiger partial charge < -0.3 is 15.7 Å². The van der Waals surface area contributed by atoms with Crippen molar-refractivity contribution in [3.05, 3.63) is 106 Å². The van der Waals surface area contributed by atoms with Crippen LogP contribution in [0, 0.1) is 0 Å². The summed E-state index contributed by atoms with van der Waals surface area (Å²) in [5, 5.41) is 18.8. The molecule has 10 heteroatoms. The van der Waals surface area contributed by atoms with E-state index in [1.54, 1.807) is 48.5 Å². The average Bonchev–Trinajstić information content (AvgIpc) is 3.40. The number of carboxylic acids is 1. The highest BCUT2D eigenvalue weighted by atomic mass is 79.9. The number of halogens is 1. The molecule has 4 aromatic carbocycles. The van der Waals surface area contributed by atoms with Gasteiger partial charge in [-0.1, -0.05) is 58.4 Å². The fraction of sp³-hybridized carbons (Fsp3) is 0.0345. The molecule has 1 heterocycles. The Labute approximate surface area is 240 Å². The van der Waals surface area contributed by atoms with Crippen LogP contribution in [0.4, 0.5) is 10.8 Å². The second-order valence-electron chi connectivity index (χ2n) is 8.38. The van der Waals surface area contributed by atoms with Gasteiger partial charge in [-0.25, -0.2) is 9.78 Å². The summed E-state index contributed by atoms with van der Waals surface area (Å²) in [5.41, 5.74) is 2.63. The molecule has 39 heavy (non-hydrogen) atoms. The van der Waals surface area contributed by atoms with Crippen LogP contribution in [-0.4, -0.2) is 33.6 Å². The number of thiazole rings is 1. The van der Waals surface area contributed by atoms with Crippen molar-refractivity contribution in [1.82, 2.24) is 4.98 Å². The van der Waals surface area contributed by atoms with E-state index in [1.165, 1.54) is 29.2 Å². The molecule has 0 spiro atoms. The van der Waals surface area contributed by atoms with Crippen LogP contribution < -0.4 is 10.6 Å². The molecule has 194 valence electrons. The van der Waals surface area contributed by atoms with Gasteiger partial charge in [0.25, 0.3) is 5.91 Å². The van der Waals surface area contributed by atoms with Crippen LogP contribution in [0.2, 0.25) is 0 Å². The number of hydrogen-bond donors (Lipinski definition) is 3.